The quantitative estimate of drug-likeness (QED) is 0.228. The molecule has 2 heterocycles. The molecule has 1 aliphatic rings. The van der Waals surface area contributed by atoms with Gasteiger partial charge in [0.15, 0.2) is 5.13 Å². The summed E-state index contributed by atoms with van der Waals surface area (Å²) in [5.74, 6) is -2.20. The van der Waals surface area contributed by atoms with E-state index in [9.17, 15) is 24.2 Å². The molecule has 7 nitrogen and oxygen atoms in total. The van der Waals surface area contributed by atoms with Gasteiger partial charge in [-0.05, 0) is 55.0 Å². The van der Waals surface area contributed by atoms with E-state index in [1.54, 1.807) is 36.4 Å². The Morgan fingerprint density at radius 2 is 1.91 bits per heavy atom. The third-order valence-corrected chi connectivity index (χ3v) is 6.61. The summed E-state index contributed by atoms with van der Waals surface area (Å²) in [6.07, 6.45) is 0. The molecule has 9 heteroatoms. The van der Waals surface area contributed by atoms with Gasteiger partial charge in [0.1, 0.15) is 23.1 Å². The zero-order valence-corrected chi connectivity index (χ0v) is 19.3. The smallest absolute Gasteiger partial charge is 0.301 e. The average Bonchev–Trinajstić information content (AvgIpc) is 3.37. The normalized spacial score (nSPS) is 17.3. The number of Topliss-reactive ketones (excluding diaryl/α,β-unsaturated/α-hetero) is 1. The number of aliphatic hydroxyl groups excluding tert-OH is 1. The minimum absolute atomic E-state index is 0.0715. The van der Waals surface area contributed by atoms with Gasteiger partial charge in [0.05, 0.1) is 28.4 Å². The van der Waals surface area contributed by atoms with E-state index in [4.69, 9.17) is 4.74 Å². The number of benzene rings is 3. The number of thiazole rings is 1. The number of fused-ring (bicyclic) bond motifs is 1. The van der Waals surface area contributed by atoms with E-state index < -0.39 is 23.5 Å². The van der Waals surface area contributed by atoms with Crippen molar-refractivity contribution in [2.75, 3.05) is 11.5 Å². The van der Waals surface area contributed by atoms with Crippen molar-refractivity contribution in [2.45, 2.75) is 13.0 Å². The fraction of sp³-hybridized carbons (Fsp3) is 0.115. The maximum absolute atomic E-state index is 13.8. The molecule has 176 valence electrons. The van der Waals surface area contributed by atoms with Crippen LogP contribution in [0.5, 0.6) is 11.5 Å². The van der Waals surface area contributed by atoms with Crippen LogP contribution in [-0.2, 0) is 9.59 Å². The van der Waals surface area contributed by atoms with Crippen molar-refractivity contribution in [1.82, 2.24) is 4.98 Å². The Bertz CT molecular complexity index is 1510. The lowest BCUT2D eigenvalue weighted by atomic mass is 9.95. The first kappa shape index (κ1) is 22.5. The van der Waals surface area contributed by atoms with Gasteiger partial charge < -0.3 is 14.9 Å². The Morgan fingerprint density at radius 3 is 2.69 bits per heavy atom. The molecule has 5 rings (SSSR count). The van der Waals surface area contributed by atoms with E-state index in [1.807, 2.05) is 6.92 Å². The number of hydrogen-bond donors (Lipinski definition) is 2. The van der Waals surface area contributed by atoms with Crippen molar-refractivity contribution in [1.29, 1.82) is 0 Å². The number of halogens is 1. The molecule has 0 saturated carbocycles. The summed E-state index contributed by atoms with van der Waals surface area (Å²) in [6.45, 7) is 2.24. The Balaban J connectivity index is 1.72. The van der Waals surface area contributed by atoms with Gasteiger partial charge in [0, 0.05) is 5.56 Å². The number of anilines is 1. The first-order valence-electron chi connectivity index (χ1n) is 10.8. The molecule has 1 saturated heterocycles. The first-order valence-corrected chi connectivity index (χ1v) is 11.6. The summed E-state index contributed by atoms with van der Waals surface area (Å²) < 4.78 is 19.8. The highest BCUT2D eigenvalue weighted by Crippen LogP contribution is 2.45. The molecule has 1 aliphatic heterocycles. The van der Waals surface area contributed by atoms with Gasteiger partial charge in [-0.3, -0.25) is 14.5 Å². The molecule has 0 spiro atoms. The lowest BCUT2D eigenvalue weighted by Crippen LogP contribution is -2.29. The molecular weight excluding hydrogens is 471 g/mol. The zero-order chi connectivity index (χ0) is 24.7. The molecule has 4 aromatic rings. The van der Waals surface area contributed by atoms with Crippen LogP contribution < -0.4 is 9.64 Å². The molecule has 3 aromatic carbocycles. The predicted molar refractivity (Wildman–Crippen MR) is 130 cm³/mol. The Labute approximate surface area is 203 Å². The lowest BCUT2D eigenvalue weighted by molar-refractivity contribution is -0.132. The van der Waals surface area contributed by atoms with Gasteiger partial charge in [-0.15, -0.1) is 0 Å². The summed E-state index contributed by atoms with van der Waals surface area (Å²) in [5.41, 5.74) is 1.01. The number of phenols is 1. The highest BCUT2D eigenvalue weighted by Gasteiger charge is 2.48. The highest BCUT2D eigenvalue weighted by molar-refractivity contribution is 7.22. The number of aromatic hydroxyl groups is 1. The number of hydrogen-bond acceptors (Lipinski definition) is 7. The van der Waals surface area contributed by atoms with Crippen LogP contribution in [0.3, 0.4) is 0 Å². The predicted octanol–water partition coefficient (Wildman–Crippen LogP) is 5.17. The van der Waals surface area contributed by atoms with Gasteiger partial charge in [-0.25, -0.2) is 9.37 Å². The minimum atomic E-state index is -1.07. The van der Waals surface area contributed by atoms with E-state index in [-0.39, 0.29) is 22.2 Å². The molecule has 35 heavy (non-hydrogen) atoms. The van der Waals surface area contributed by atoms with Gasteiger partial charge in [-0.2, -0.15) is 0 Å². The number of carbonyl (C=O) groups is 2. The number of ketones is 1. The molecule has 1 fully saturated rings. The van der Waals surface area contributed by atoms with E-state index in [0.717, 1.165) is 11.3 Å². The number of aromatic nitrogens is 1. The van der Waals surface area contributed by atoms with Crippen molar-refractivity contribution in [3.63, 3.8) is 0 Å². The molecule has 1 aromatic heterocycles. The number of aliphatic hydroxyl groups is 1. The lowest BCUT2D eigenvalue weighted by Gasteiger charge is -2.23. The minimum Gasteiger partial charge on any atom is -0.508 e. The zero-order valence-electron chi connectivity index (χ0n) is 18.4. The fourth-order valence-corrected chi connectivity index (χ4v) is 5.10. The molecule has 0 bridgehead atoms. The van der Waals surface area contributed by atoms with Crippen molar-refractivity contribution < 1.29 is 28.9 Å². The van der Waals surface area contributed by atoms with Crippen LogP contribution in [-0.4, -0.2) is 33.5 Å². The van der Waals surface area contributed by atoms with Crippen molar-refractivity contribution in [3.05, 3.63) is 89.2 Å². The van der Waals surface area contributed by atoms with Crippen LogP contribution in [0.15, 0.2) is 72.3 Å². The monoisotopic (exact) mass is 490 g/mol. The van der Waals surface area contributed by atoms with Crippen LogP contribution in [0, 0.1) is 5.82 Å². The third-order valence-electron chi connectivity index (χ3n) is 5.59. The number of nitrogens with zero attached hydrogens (tertiary/aromatic N) is 2. The largest absolute Gasteiger partial charge is 0.508 e. The van der Waals surface area contributed by atoms with Gasteiger partial charge >= 0.3 is 5.91 Å². The SMILES string of the molecule is CCOc1cccc(C(O)=C2C(=O)C(=O)N(c3nc4ccc(F)cc4s3)C2c2cccc(O)c2)c1. The fourth-order valence-electron chi connectivity index (χ4n) is 4.08. The van der Waals surface area contributed by atoms with Gasteiger partial charge in [0.2, 0.25) is 0 Å². The summed E-state index contributed by atoms with van der Waals surface area (Å²) in [5, 5.41) is 21.5. The van der Waals surface area contributed by atoms with Crippen LogP contribution in [0.2, 0.25) is 0 Å². The summed E-state index contributed by atoms with van der Waals surface area (Å²) in [6, 6.07) is 15.6. The second-order valence-corrected chi connectivity index (χ2v) is 8.84. The maximum Gasteiger partial charge on any atom is 0.301 e. The average molecular weight is 491 g/mol. The summed E-state index contributed by atoms with van der Waals surface area (Å²) in [4.78, 5) is 32.2. The third kappa shape index (κ3) is 4.00. The Hall–Kier alpha value is -4.24. The molecule has 0 radical (unpaired) electrons. The summed E-state index contributed by atoms with van der Waals surface area (Å²) in [7, 11) is 0. The van der Waals surface area contributed by atoms with E-state index >= 15 is 0 Å². The van der Waals surface area contributed by atoms with Crippen molar-refractivity contribution >= 4 is 44.1 Å². The highest BCUT2D eigenvalue weighted by atomic mass is 32.1. The molecular formula is C26H19FN2O5S. The second-order valence-electron chi connectivity index (χ2n) is 7.83. The van der Waals surface area contributed by atoms with Gasteiger partial charge in [-0.1, -0.05) is 35.6 Å². The van der Waals surface area contributed by atoms with E-state index in [0.29, 0.717) is 33.7 Å². The van der Waals surface area contributed by atoms with Crippen molar-refractivity contribution in [3.8, 4) is 11.5 Å². The summed E-state index contributed by atoms with van der Waals surface area (Å²) >= 11 is 1.05. The van der Waals surface area contributed by atoms with Crippen LogP contribution >= 0.6 is 11.3 Å². The van der Waals surface area contributed by atoms with Crippen LogP contribution in [0.25, 0.3) is 16.0 Å². The molecule has 1 unspecified atom stereocenters. The second kappa shape index (κ2) is 8.84. The van der Waals surface area contributed by atoms with Crippen LogP contribution in [0.1, 0.15) is 24.1 Å². The van der Waals surface area contributed by atoms with Gasteiger partial charge in [0.25, 0.3) is 5.78 Å². The maximum atomic E-state index is 13.8. The number of phenolic OH excluding ortho intramolecular Hbond substituents is 1. The van der Waals surface area contributed by atoms with Crippen LogP contribution in [0.4, 0.5) is 9.52 Å². The molecule has 2 N–H and O–H groups in total. The molecule has 0 aliphatic carbocycles. The van der Waals surface area contributed by atoms with E-state index in [1.165, 1.54) is 35.2 Å². The molecule has 1 atom stereocenters. The number of carbonyl (C=O) groups excluding carboxylic acids is 2. The topological polar surface area (TPSA) is 100.0 Å². The number of ether oxygens (including phenoxy) is 1. The van der Waals surface area contributed by atoms with E-state index in [2.05, 4.69) is 4.98 Å². The molecule has 1 amide bonds. The number of amides is 1. The van der Waals surface area contributed by atoms with Crippen molar-refractivity contribution in [2.24, 2.45) is 0 Å². The standard InChI is InChI=1S/C26H19FN2O5S/c1-2-34-18-8-4-6-15(12-18)23(31)21-22(14-5-3-7-17(30)11-14)29(25(33)24(21)32)26-28-19-10-9-16(27)13-20(19)35-26/h3-13,22,30-31H,2H2,1H3. The first-order chi connectivity index (χ1) is 16.9. The number of rotatable bonds is 5. The Morgan fingerprint density at radius 1 is 1.11 bits per heavy atom. The Kier molecular flexibility index (Phi) is 5.70.